The Hall–Kier alpha value is -2.93. The third-order valence-electron chi connectivity index (χ3n) is 4.18. The number of benzene rings is 1. The molecule has 7 heteroatoms. The lowest BCUT2D eigenvalue weighted by molar-refractivity contribution is 0.644. The van der Waals surface area contributed by atoms with Crippen LogP contribution in [-0.2, 0) is 20.0 Å². The second kappa shape index (κ2) is 5.93. The molecular formula is C17H19N7. The zero-order valence-corrected chi connectivity index (χ0v) is 13.5. The average molecular weight is 321 g/mol. The molecule has 122 valence electrons. The van der Waals surface area contributed by atoms with E-state index in [0.29, 0.717) is 11.8 Å². The maximum absolute atomic E-state index is 6.09. The highest BCUT2D eigenvalue weighted by molar-refractivity contribution is 5.73. The Balaban J connectivity index is 1.58. The van der Waals surface area contributed by atoms with Gasteiger partial charge in [-0.25, -0.2) is 4.98 Å². The van der Waals surface area contributed by atoms with E-state index < -0.39 is 0 Å². The minimum absolute atomic E-state index is 0.431. The van der Waals surface area contributed by atoms with Gasteiger partial charge in [0.1, 0.15) is 5.82 Å². The highest BCUT2D eigenvalue weighted by atomic mass is 15.2. The largest absolute Gasteiger partial charge is 0.383 e. The Labute approximate surface area is 139 Å². The summed E-state index contributed by atoms with van der Waals surface area (Å²) >= 11 is 0. The monoisotopic (exact) mass is 321 g/mol. The fraction of sp³-hybridized carbons (Fsp3) is 0.235. The number of nitrogens with zero attached hydrogens (tertiary/aromatic N) is 4. The Bertz CT molecular complexity index is 884. The van der Waals surface area contributed by atoms with E-state index in [1.165, 1.54) is 11.1 Å². The van der Waals surface area contributed by atoms with Crippen molar-refractivity contribution >= 4 is 17.5 Å². The van der Waals surface area contributed by atoms with Crippen LogP contribution in [0.15, 0.2) is 36.8 Å². The Morgan fingerprint density at radius 3 is 2.96 bits per heavy atom. The van der Waals surface area contributed by atoms with Crippen molar-refractivity contribution < 1.29 is 0 Å². The Morgan fingerprint density at radius 2 is 2.17 bits per heavy atom. The Morgan fingerprint density at radius 1 is 1.25 bits per heavy atom. The molecule has 0 aliphatic carbocycles. The number of nitrogens with one attached hydrogen (secondary N) is 2. The second-order valence-electron chi connectivity index (χ2n) is 5.93. The number of aryl methyl sites for hydroxylation is 1. The highest BCUT2D eigenvalue weighted by Gasteiger charge is 2.11. The summed E-state index contributed by atoms with van der Waals surface area (Å²) in [4.78, 5) is 8.75. The van der Waals surface area contributed by atoms with Gasteiger partial charge in [-0.05, 0) is 36.2 Å². The number of aromatic nitrogens is 4. The maximum Gasteiger partial charge on any atom is 0.229 e. The molecule has 0 unspecified atom stereocenters. The van der Waals surface area contributed by atoms with Crippen LogP contribution in [0.25, 0.3) is 11.1 Å². The van der Waals surface area contributed by atoms with Crippen LogP contribution in [0.3, 0.4) is 0 Å². The number of rotatable bonds is 3. The molecule has 0 fully saturated rings. The summed E-state index contributed by atoms with van der Waals surface area (Å²) in [5, 5.41) is 10.8. The number of nitrogen functional groups attached to an aromatic ring is 1. The molecule has 0 atom stereocenters. The van der Waals surface area contributed by atoms with Crippen LogP contribution in [0.2, 0.25) is 0 Å². The van der Waals surface area contributed by atoms with Gasteiger partial charge in [-0.15, -0.1) is 0 Å². The lowest BCUT2D eigenvalue weighted by Crippen LogP contribution is -2.23. The molecule has 7 nitrogen and oxygen atoms in total. The minimum atomic E-state index is 0.431. The van der Waals surface area contributed by atoms with Crippen LogP contribution in [0, 0.1) is 0 Å². The van der Waals surface area contributed by atoms with Gasteiger partial charge in [-0.3, -0.25) is 4.68 Å². The molecule has 24 heavy (non-hydrogen) atoms. The molecule has 3 heterocycles. The molecule has 3 aromatic rings. The molecule has 1 aromatic carbocycles. The van der Waals surface area contributed by atoms with E-state index in [9.17, 15) is 0 Å². The third-order valence-corrected chi connectivity index (χ3v) is 4.18. The number of hydrogen-bond donors (Lipinski definition) is 3. The summed E-state index contributed by atoms with van der Waals surface area (Å²) in [5.74, 6) is 0.920. The van der Waals surface area contributed by atoms with Gasteiger partial charge < -0.3 is 16.4 Å². The first-order valence-corrected chi connectivity index (χ1v) is 7.90. The summed E-state index contributed by atoms with van der Waals surface area (Å²) in [6.45, 7) is 1.93. The fourth-order valence-corrected chi connectivity index (χ4v) is 2.93. The van der Waals surface area contributed by atoms with Crippen LogP contribution < -0.4 is 16.4 Å². The van der Waals surface area contributed by atoms with Crippen molar-refractivity contribution in [3.63, 3.8) is 0 Å². The van der Waals surface area contributed by atoms with Crippen molar-refractivity contribution in [1.29, 1.82) is 0 Å². The highest BCUT2D eigenvalue weighted by Crippen LogP contribution is 2.25. The summed E-state index contributed by atoms with van der Waals surface area (Å²) in [5.41, 5.74) is 11.4. The standard InChI is InChI=1S/C17H19N7/c1-24-10-13(8-21-24)15-9-20-17(23-16(15)18)22-14-3-2-11-4-5-19-7-12(11)6-14/h2-3,6,8-10,19H,4-5,7H2,1H3,(H3,18,20,22,23). The molecule has 4 N–H and O–H groups in total. The van der Waals surface area contributed by atoms with Gasteiger partial charge >= 0.3 is 0 Å². The lowest BCUT2D eigenvalue weighted by Gasteiger charge is -2.18. The van der Waals surface area contributed by atoms with Crippen LogP contribution >= 0.6 is 0 Å². The number of nitrogens with two attached hydrogens (primary N) is 1. The number of fused-ring (bicyclic) bond motifs is 1. The van der Waals surface area contributed by atoms with Gasteiger partial charge in [0.05, 0.1) is 6.20 Å². The van der Waals surface area contributed by atoms with Gasteiger partial charge in [0.25, 0.3) is 0 Å². The van der Waals surface area contributed by atoms with E-state index in [0.717, 1.165) is 36.3 Å². The summed E-state index contributed by atoms with van der Waals surface area (Å²) in [6.07, 6.45) is 6.43. The van der Waals surface area contributed by atoms with E-state index in [-0.39, 0.29) is 0 Å². The first kappa shape index (κ1) is 14.6. The van der Waals surface area contributed by atoms with Crippen molar-refractivity contribution in [2.24, 2.45) is 7.05 Å². The molecule has 4 rings (SSSR count). The summed E-state index contributed by atoms with van der Waals surface area (Å²) < 4.78 is 1.72. The average Bonchev–Trinajstić information content (AvgIpc) is 3.01. The molecule has 1 aliphatic heterocycles. The summed E-state index contributed by atoms with van der Waals surface area (Å²) in [7, 11) is 1.86. The van der Waals surface area contributed by atoms with Gasteiger partial charge in [0.2, 0.25) is 5.95 Å². The van der Waals surface area contributed by atoms with Crippen LogP contribution in [0.1, 0.15) is 11.1 Å². The fourth-order valence-electron chi connectivity index (χ4n) is 2.93. The van der Waals surface area contributed by atoms with Gasteiger partial charge in [-0.1, -0.05) is 6.07 Å². The molecule has 0 bridgehead atoms. The normalized spacial score (nSPS) is 13.5. The molecule has 1 aliphatic rings. The quantitative estimate of drug-likeness (QED) is 0.681. The molecule has 0 amide bonds. The first-order chi connectivity index (χ1) is 11.7. The van der Waals surface area contributed by atoms with Crippen molar-refractivity contribution in [2.75, 3.05) is 17.6 Å². The van der Waals surface area contributed by atoms with Crippen LogP contribution in [0.4, 0.5) is 17.5 Å². The molecule has 0 saturated carbocycles. The van der Waals surface area contributed by atoms with Gasteiger partial charge in [0, 0.05) is 42.8 Å². The molecule has 0 spiro atoms. The number of anilines is 3. The van der Waals surface area contributed by atoms with E-state index >= 15 is 0 Å². The Kier molecular flexibility index (Phi) is 3.62. The molecule has 0 radical (unpaired) electrons. The number of hydrogen-bond acceptors (Lipinski definition) is 6. The minimum Gasteiger partial charge on any atom is -0.383 e. The van der Waals surface area contributed by atoms with E-state index in [1.807, 2.05) is 13.2 Å². The van der Waals surface area contributed by atoms with Crippen molar-refractivity contribution in [3.05, 3.63) is 47.9 Å². The lowest BCUT2D eigenvalue weighted by atomic mass is 10.0. The van der Waals surface area contributed by atoms with E-state index in [2.05, 4.69) is 43.9 Å². The topological polar surface area (TPSA) is 93.7 Å². The second-order valence-corrected chi connectivity index (χ2v) is 5.93. The van der Waals surface area contributed by atoms with Gasteiger partial charge in [0.15, 0.2) is 0 Å². The van der Waals surface area contributed by atoms with Gasteiger partial charge in [-0.2, -0.15) is 10.1 Å². The third kappa shape index (κ3) is 2.81. The van der Waals surface area contributed by atoms with E-state index in [1.54, 1.807) is 17.1 Å². The predicted octanol–water partition coefficient (Wildman–Crippen LogP) is 1.85. The van der Waals surface area contributed by atoms with Crippen molar-refractivity contribution in [3.8, 4) is 11.1 Å². The zero-order chi connectivity index (χ0) is 16.5. The maximum atomic E-state index is 6.09. The van der Waals surface area contributed by atoms with E-state index in [4.69, 9.17) is 5.73 Å². The molecule has 2 aromatic heterocycles. The van der Waals surface area contributed by atoms with Crippen LogP contribution in [-0.4, -0.2) is 26.3 Å². The van der Waals surface area contributed by atoms with Crippen LogP contribution in [0.5, 0.6) is 0 Å². The zero-order valence-electron chi connectivity index (χ0n) is 13.5. The SMILES string of the molecule is Cn1cc(-c2cnc(Nc3ccc4c(c3)CNCC4)nc2N)cn1. The first-order valence-electron chi connectivity index (χ1n) is 7.90. The van der Waals surface area contributed by atoms with Crippen molar-refractivity contribution in [1.82, 2.24) is 25.1 Å². The van der Waals surface area contributed by atoms with Crippen molar-refractivity contribution in [2.45, 2.75) is 13.0 Å². The summed E-state index contributed by atoms with van der Waals surface area (Å²) in [6, 6.07) is 6.35. The predicted molar refractivity (Wildman–Crippen MR) is 93.8 cm³/mol. The smallest absolute Gasteiger partial charge is 0.229 e. The molecular weight excluding hydrogens is 302 g/mol. The molecule has 0 saturated heterocycles.